The maximum absolute atomic E-state index is 6.04. The van der Waals surface area contributed by atoms with E-state index in [4.69, 9.17) is 4.74 Å². The molecule has 1 fully saturated rings. The lowest BCUT2D eigenvalue weighted by molar-refractivity contribution is -0.116. The summed E-state index contributed by atoms with van der Waals surface area (Å²) in [6.45, 7) is 8.83. The molecule has 1 aromatic heterocycles. The van der Waals surface area contributed by atoms with Crippen molar-refractivity contribution < 1.29 is 4.74 Å². The third kappa shape index (κ3) is 3.14. The smallest absolute Gasteiger partial charge is 0.0656 e. The Morgan fingerprint density at radius 2 is 2.33 bits per heavy atom. The molecule has 0 saturated heterocycles. The van der Waals surface area contributed by atoms with E-state index in [1.807, 2.05) is 11.3 Å². The van der Waals surface area contributed by atoms with Gasteiger partial charge in [0, 0.05) is 22.8 Å². The third-order valence-electron chi connectivity index (χ3n) is 4.07. The topological polar surface area (TPSA) is 21.3 Å². The number of ether oxygens (including phenoxy) is 1. The van der Waals surface area contributed by atoms with Crippen molar-refractivity contribution >= 4 is 11.3 Å². The fourth-order valence-electron chi connectivity index (χ4n) is 2.59. The molecular weight excluding hydrogens is 242 g/mol. The quantitative estimate of drug-likeness (QED) is 0.816. The lowest BCUT2D eigenvalue weighted by Gasteiger charge is -2.52. The van der Waals surface area contributed by atoms with Crippen LogP contribution in [0.1, 0.15) is 38.5 Å². The molecule has 2 atom stereocenters. The highest BCUT2D eigenvalue weighted by Gasteiger charge is 2.48. The second kappa shape index (κ2) is 6.18. The zero-order valence-corrected chi connectivity index (χ0v) is 12.6. The first-order chi connectivity index (χ1) is 8.64. The van der Waals surface area contributed by atoms with E-state index >= 15 is 0 Å². The van der Waals surface area contributed by atoms with Gasteiger partial charge in [0.2, 0.25) is 0 Å². The van der Waals surface area contributed by atoms with E-state index in [-0.39, 0.29) is 5.41 Å². The SMILES string of the molecule is CCCNC1CC(OCCc2cccs2)C1(C)C. The highest BCUT2D eigenvalue weighted by Crippen LogP contribution is 2.42. The third-order valence-corrected chi connectivity index (χ3v) is 5.00. The number of hydrogen-bond donors (Lipinski definition) is 1. The highest BCUT2D eigenvalue weighted by atomic mass is 32.1. The van der Waals surface area contributed by atoms with Crippen molar-refractivity contribution in [3.63, 3.8) is 0 Å². The predicted molar refractivity (Wildman–Crippen MR) is 78.2 cm³/mol. The van der Waals surface area contributed by atoms with Crippen LogP contribution in [0.4, 0.5) is 0 Å². The van der Waals surface area contributed by atoms with Crippen LogP contribution >= 0.6 is 11.3 Å². The molecule has 2 unspecified atom stereocenters. The first kappa shape index (κ1) is 14.0. The molecule has 102 valence electrons. The molecule has 0 radical (unpaired) electrons. The van der Waals surface area contributed by atoms with Gasteiger partial charge >= 0.3 is 0 Å². The van der Waals surface area contributed by atoms with E-state index in [1.54, 1.807) is 0 Å². The van der Waals surface area contributed by atoms with Gasteiger partial charge in [-0.2, -0.15) is 0 Å². The molecular formula is C15H25NOS. The van der Waals surface area contributed by atoms with Crippen molar-refractivity contribution in [3.05, 3.63) is 22.4 Å². The molecule has 1 aliphatic carbocycles. The Morgan fingerprint density at radius 3 is 2.94 bits per heavy atom. The lowest BCUT2D eigenvalue weighted by Crippen LogP contribution is -2.61. The zero-order valence-electron chi connectivity index (χ0n) is 11.7. The summed E-state index contributed by atoms with van der Waals surface area (Å²) >= 11 is 1.82. The molecule has 18 heavy (non-hydrogen) atoms. The molecule has 1 N–H and O–H groups in total. The Hall–Kier alpha value is -0.380. The fraction of sp³-hybridized carbons (Fsp3) is 0.733. The first-order valence-electron chi connectivity index (χ1n) is 7.02. The number of thiophene rings is 1. The predicted octanol–water partition coefficient (Wildman–Crippen LogP) is 3.47. The second-order valence-corrected chi connectivity index (χ2v) is 6.78. The van der Waals surface area contributed by atoms with Gasteiger partial charge in [-0.05, 0) is 30.8 Å². The molecule has 2 nitrogen and oxygen atoms in total. The average Bonchev–Trinajstić information content (AvgIpc) is 2.84. The van der Waals surface area contributed by atoms with Crippen molar-refractivity contribution in [2.24, 2.45) is 5.41 Å². The van der Waals surface area contributed by atoms with Crippen molar-refractivity contribution in [1.29, 1.82) is 0 Å². The summed E-state index contributed by atoms with van der Waals surface area (Å²) in [6.07, 6.45) is 3.84. The second-order valence-electron chi connectivity index (χ2n) is 5.75. The van der Waals surface area contributed by atoms with Gasteiger partial charge in [0.05, 0.1) is 12.7 Å². The zero-order chi connectivity index (χ0) is 13.0. The minimum absolute atomic E-state index is 0.282. The van der Waals surface area contributed by atoms with Crippen molar-refractivity contribution in [3.8, 4) is 0 Å². The van der Waals surface area contributed by atoms with Gasteiger partial charge in [0.1, 0.15) is 0 Å². The molecule has 0 aliphatic heterocycles. The van der Waals surface area contributed by atoms with E-state index in [0.29, 0.717) is 12.1 Å². The Morgan fingerprint density at radius 1 is 1.50 bits per heavy atom. The molecule has 0 spiro atoms. The van der Waals surface area contributed by atoms with Crippen LogP contribution in [0.3, 0.4) is 0 Å². The number of rotatable bonds is 7. The maximum atomic E-state index is 6.04. The molecule has 1 saturated carbocycles. The van der Waals surface area contributed by atoms with Gasteiger partial charge in [-0.3, -0.25) is 0 Å². The largest absolute Gasteiger partial charge is 0.377 e. The van der Waals surface area contributed by atoms with Crippen LogP contribution in [0.2, 0.25) is 0 Å². The van der Waals surface area contributed by atoms with Crippen molar-refractivity contribution in [2.45, 2.75) is 52.2 Å². The van der Waals surface area contributed by atoms with Gasteiger partial charge in [-0.25, -0.2) is 0 Å². The summed E-state index contributed by atoms with van der Waals surface area (Å²) in [5.41, 5.74) is 0.282. The molecule has 0 amide bonds. The van der Waals surface area contributed by atoms with Crippen LogP contribution in [-0.4, -0.2) is 25.3 Å². The van der Waals surface area contributed by atoms with E-state index < -0.39 is 0 Å². The number of nitrogens with one attached hydrogen (secondary N) is 1. The van der Waals surface area contributed by atoms with Crippen LogP contribution in [0.25, 0.3) is 0 Å². The normalized spacial score (nSPS) is 25.9. The standard InChI is InChI=1S/C15H25NOS/c1-4-8-16-13-11-14(15(13,2)3)17-9-7-12-6-5-10-18-12/h5-6,10,13-14,16H,4,7-9,11H2,1-3H3. The lowest BCUT2D eigenvalue weighted by atomic mass is 9.64. The summed E-state index contributed by atoms with van der Waals surface area (Å²) in [7, 11) is 0. The van der Waals surface area contributed by atoms with Gasteiger partial charge in [0.25, 0.3) is 0 Å². The van der Waals surface area contributed by atoms with Gasteiger partial charge in [-0.15, -0.1) is 11.3 Å². The highest BCUT2D eigenvalue weighted by molar-refractivity contribution is 7.09. The molecule has 1 aromatic rings. The molecule has 1 heterocycles. The minimum atomic E-state index is 0.282. The molecule has 2 rings (SSSR count). The first-order valence-corrected chi connectivity index (χ1v) is 7.90. The van der Waals surface area contributed by atoms with Gasteiger partial charge in [0.15, 0.2) is 0 Å². The summed E-state index contributed by atoms with van der Waals surface area (Å²) < 4.78 is 6.04. The Kier molecular flexibility index (Phi) is 4.82. The van der Waals surface area contributed by atoms with Crippen LogP contribution in [-0.2, 0) is 11.2 Å². The summed E-state index contributed by atoms with van der Waals surface area (Å²) in [5.74, 6) is 0. The Labute approximate surface area is 115 Å². The summed E-state index contributed by atoms with van der Waals surface area (Å²) in [4.78, 5) is 1.42. The maximum Gasteiger partial charge on any atom is 0.0656 e. The summed E-state index contributed by atoms with van der Waals surface area (Å²) in [5, 5.41) is 5.75. The van der Waals surface area contributed by atoms with E-state index in [9.17, 15) is 0 Å². The van der Waals surface area contributed by atoms with Crippen LogP contribution in [0, 0.1) is 5.41 Å². The van der Waals surface area contributed by atoms with Gasteiger partial charge in [-0.1, -0.05) is 26.8 Å². The number of hydrogen-bond acceptors (Lipinski definition) is 3. The summed E-state index contributed by atoms with van der Waals surface area (Å²) in [6, 6.07) is 4.92. The van der Waals surface area contributed by atoms with E-state index in [0.717, 1.165) is 26.0 Å². The van der Waals surface area contributed by atoms with Crippen LogP contribution in [0.5, 0.6) is 0 Å². The average molecular weight is 267 g/mol. The van der Waals surface area contributed by atoms with E-state index in [2.05, 4.69) is 43.6 Å². The molecule has 0 aromatic carbocycles. The monoisotopic (exact) mass is 267 g/mol. The van der Waals surface area contributed by atoms with E-state index in [1.165, 1.54) is 11.3 Å². The molecule has 3 heteroatoms. The van der Waals surface area contributed by atoms with Gasteiger partial charge < -0.3 is 10.1 Å². The molecule has 0 bridgehead atoms. The van der Waals surface area contributed by atoms with Crippen molar-refractivity contribution in [1.82, 2.24) is 5.32 Å². The minimum Gasteiger partial charge on any atom is -0.377 e. The van der Waals surface area contributed by atoms with Crippen LogP contribution in [0.15, 0.2) is 17.5 Å². The molecule has 1 aliphatic rings. The van der Waals surface area contributed by atoms with Crippen molar-refractivity contribution in [2.75, 3.05) is 13.2 Å². The fourth-order valence-corrected chi connectivity index (χ4v) is 3.28. The Bertz CT molecular complexity index is 347. The Balaban J connectivity index is 1.69. The van der Waals surface area contributed by atoms with Crippen LogP contribution < -0.4 is 5.32 Å².